The Labute approximate surface area is 196 Å². The van der Waals surface area contributed by atoms with Crippen LogP contribution >= 0.6 is 7.82 Å². The average Bonchev–Trinajstić information content (AvgIpc) is 2.73. The average molecular weight is 494 g/mol. The molecule has 0 spiro atoms. The fraction of sp³-hybridized carbons (Fsp3) is 0.381. The molecule has 0 fully saturated rings. The van der Waals surface area contributed by atoms with Gasteiger partial charge in [-0.1, -0.05) is 26.0 Å². The van der Waals surface area contributed by atoms with Gasteiger partial charge >= 0.3 is 13.8 Å². The van der Waals surface area contributed by atoms with Crippen molar-refractivity contribution in [3.63, 3.8) is 0 Å². The molecule has 0 saturated carbocycles. The van der Waals surface area contributed by atoms with E-state index >= 15 is 0 Å². The van der Waals surface area contributed by atoms with Crippen LogP contribution in [0.2, 0.25) is 0 Å². The number of aromatic nitrogens is 2. The highest BCUT2D eigenvalue weighted by atomic mass is 31.2. The van der Waals surface area contributed by atoms with Gasteiger partial charge in [-0.2, -0.15) is 0 Å². The summed E-state index contributed by atoms with van der Waals surface area (Å²) < 4.78 is 15.5. The van der Waals surface area contributed by atoms with Crippen molar-refractivity contribution < 1.29 is 38.4 Å². The first-order valence-corrected chi connectivity index (χ1v) is 11.8. The van der Waals surface area contributed by atoms with Gasteiger partial charge in [-0.3, -0.25) is 24.4 Å². The van der Waals surface area contributed by atoms with Crippen LogP contribution in [0.5, 0.6) is 5.75 Å². The number of nitrogens with zero attached hydrogens (tertiary/aromatic N) is 2. The standard InChI is InChI=1S/C21H27N4O8P/c1-12(2)8-17(21(28)29)25-19(26)16(24-20(27)18-11-22-13(3)10-23-18)9-14-4-6-15(7-5-14)33-34(30,31)32/h4-7,10-12,16-17H,8-9H2,1-3H3,(H,24,27)(H,25,26)(H,28,29)(H2,30,31,32). The number of phosphoric ester groups is 1. The summed E-state index contributed by atoms with van der Waals surface area (Å²) in [6, 6.07) is 3.21. The lowest BCUT2D eigenvalue weighted by Gasteiger charge is -2.22. The van der Waals surface area contributed by atoms with Crippen molar-refractivity contribution in [1.29, 1.82) is 0 Å². The van der Waals surface area contributed by atoms with Crippen molar-refractivity contribution >= 4 is 25.6 Å². The third-order valence-corrected chi connectivity index (χ3v) is 4.99. The molecule has 2 aromatic rings. The Bertz CT molecular complexity index is 1050. The van der Waals surface area contributed by atoms with E-state index in [-0.39, 0.29) is 30.2 Å². The molecule has 184 valence electrons. The largest absolute Gasteiger partial charge is 0.524 e. The van der Waals surface area contributed by atoms with Crippen LogP contribution in [0.4, 0.5) is 0 Å². The number of aryl methyl sites for hydroxylation is 1. The molecule has 5 N–H and O–H groups in total. The van der Waals surface area contributed by atoms with Gasteiger partial charge < -0.3 is 20.3 Å². The number of nitrogens with one attached hydrogen (secondary N) is 2. The molecule has 1 aromatic heterocycles. The van der Waals surface area contributed by atoms with Gasteiger partial charge in [0.2, 0.25) is 5.91 Å². The number of aliphatic carboxylic acids is 1. The zero-order valence-electron chi connectivity index (χ0n) is 18.8. The van der Waals surface area contributed by atoms with E-state index in [0.29, 0.717) is 11.3 Å². The zero-order valence-corrected chi connectivity index (χ0v) is 19.7. The van der Waals surface area contributed by atoms with Crippen LogP contribution in [0.15, 0.2) is 36.7 Å². The molecule has 0 aliphatic rings. The van der Waals surface area contributed by atoms with Crippen LogP contribution in [0.25, 0.3) is 0 Å². The van der Waals surface area contributed by atoms with Crippen LogP contribution in [0.1, 0.15) is 42.0 Å². The van der Waals surface area contributed by atoms with Gasteiger partial charge in [0.1, 0.15) is 23.5 Å². The number of benzene rings is 1. The van der Waals surface area contributed by atoms with Crippen LogP contribution < -0.4 is 15.2 Å². The van der Waals surface area contributed by atoms with E-state index in [0.717, 1.165) is 0 Å². The van der Waals surface area contributed by atoms with Crippen molar-refractivity contribution in [2.45, 2.75) is 45.7 Å². The van der Waals surface area contributed by atoms with Gasteiger partial charge in [0.25, 0.3) is 5.91 Å². The van der Waals surface area contributed by atoms with Crippen LogP contribution in [-0.4, -0.2) is 54.7 Å². The normalized spacial score (nSPS) is 13.1. The number of carbonyl (C=O) groups excluding carboxylic acids is 2. The minimum atomic E-state index is -4.73. The van der Waals surface area contributed by atoms with Crippen LogP contribution in [-0.2, 0) is 20.6 Å². The van der Waals surface area contributed by atoms with E-state index in [1.54, 1.807) is 6.92 Å². The molecule has 2 rings (SSSR count). The molecule has 2 amide bonds. The Morgan fingerprint density at radius 3 is 2.18 bits per heavy atom. The second-order valence-electron chi connectivity index (χ2n) is 8.03. The lowest BCUT2D eigenvalue weighted by Crippen LogP contribution is -2.52. The molecule has 1 heterocycles. The summed E-state index contributed by atoms with van der Waals surface area (Å²) in [6.07, 6.45) is 2.81. The van der Waals surface area contributed by atoms with E-state index < -0.39 is 37.7 Å². The highest BCUT2D eigenvalue weighted by Crippen LogP contribution is 2.37. The van der Waals surface area contributed by atoms with E-state index in [9.17, 15) is 24.1 Å². The first kappa shape index (κ1) is 26.9. The molecule has 1 aromatic carbocycles. The molecule has 0 aliphatic carbocycles. The van der Waals surface area contributed by atoms with Gasteiger partial charge in [0, 0.05) is 12.6 Å². The Morgan fingerprint density at radius 1 is 1.03 bits per heavy atom. The van der Waals surface area contributed by atoms with Crippen molar-refractivity contribution in [2.24, 2.45) is 5.92 Å². The number of carbonyl (C=O) groups is 3. The van der Waals surface area contributed by atoms with Crippen molar-refractivity contribution in [3.8, 4) is 5.75 Å². The summed E-state index contributed by atoms with van der Waals surface area (Å²) in [4.78, 5) is 63.0. The smallest absolute Gasteiger partial charge is 0.480 e. The lowest BCUT2D eigenvalue weighted by molar-refractivity contribution is -0.142. The summed E-state index contributed by atoms with van der Waals surface area (Å²) >= 11 is 0. The van der Waals surface area contributed by atoms with E-state index in [4.69, 9.17) is 9.79 Å². The van der Waals surface area contributed by atoms with Gasteiger partial charge in [-0.15, -0.1) is 0 Å². The summed E-state index contributed by atoms with van der Waals surface area (Å²) in [5, 5.41) is 14.5. The minimum absolute atomic E-state index is 0.00107. The maximum absolute atomic E-state index is 13.0. The number of hydrogen-bond acceptors (Lipinski definition) is 7. The van der Waals surface area contributed by atoms with Crippen LogP contribution in [0, 0.1) is 12.8 Å². The van der Waals surface area contributed by atoms with Gasteiger partial charge in [-0.25, -0.2) is 14.3 Å². The first-order valence-electron chi connectivity index (χ1n) is 10.3. The van der Waals surface area contributed by atoms with E-state index in [1.807, 2.05) is 13.8 Å². The van der Waals surface area contributed by atoms with Gasteiger partial charge in [0.15, 0.2) is 0 Å². The van der Waals surface area contributed by atoms with Crippen LogP contribution in [0.3, 0.4) is 0 Å². The maximum Gasteiger partial charge on any atom is 0.524 e. The third-order valence-electron chi connectivity index (χ3n) is 4.54. The summed E-state index contributed by atoms with van der Waals surface area (Å²) in [7, 11) is -4.73. The van der Waals surface area contributed by atoms with Crippen molar-refractivity contribution in [3.05, 3.63) is 53.6 Å². The number of hydrogen-bond donors (Lipinski definition) is 5. The second kappa shape index (κ2) is 11.7. The van der Waals surface area contributed by atoms with E-state index in [2.05, 4.69) is 25.1 Å². The Balaban J connectivity index is 2.24. The molecule has 13 heteroatoms. The number of carboxylic acid groups (broad SMARTS) is 1. The fourth-order valence-corrected chi connectivity index (χ4v) is 3.37. The number of amides is 2. The predicted molar refractivity (Wildman–Crippen MR) is 120 cm³/mol. The highest BCUT2D eigenvalue weighted by molar-refractivity contribution is 7.46. The summed E-state index contributed by atoms with van der Waals surface area (Å²) in [5.41, 5.74) is 1.09. The first-order chi connectivity index (χ1) is 15.8. The molecule has 0 bridgehead atoms. The molecular formula is C21H27N4O8P. The Kier molecular flexibility index (Phi) is 9.25. The number of phosphoric acid groups is 1. The Morgan fingerprint density at radius 2 is 1.68 bits per heavy atom. The molecule has 34 heavy (non-hydrogen) atoms. The highest BCUT2D eigenvalue weighted by Gasteiger charge is 2.28. The molecular weight excluding hydrogens is 467 g/mol. The second-order valence-corrected chi connectivity index (χ2v) is 9.19. The molecule has 2 unspecified atom stereocenters. The SMILES string of the molecule is Cc1cnc(C(=O)NC(Cc2ccc(OP(=O)(O)O)cc2)C(=O)NC(CC(C)C)C(=O)O)cn1. The van der Waals surface area contributed by atoms with Crippen molar-refractivity contribution in [1.82, 2.24) is 20.6 Å². The third kappa shape index (κ3) is 8.89. The zero-order chi connectivity index (χ0) is 25.5. The van der Waals surface area contributed by atoms with Gasteiger partial charge in [-0.05, 0) is 37.0 Å². The number of carboxylic acids is 1. The molecule has 2 atom stereocenters. The van der Waals surface area contributed by atoms with E-state index in [1.165, 1.54) is 36.7 Å². The lowest BCUT2D eigenvalue weighted by atomic mass is 10.0. The molecule has 0 aliphatic heterocycles. The number of rotatable bonds is 11. The van der Waals surface area contributed by atoms with Crippen molar-refractivity contribution in [2.75, 3.05) is 0 Å². The minimum Gasteiger partial charge on any atom is -0.480 e. The molecule has 0 radical (unpaired) electrons. The monoisotopic (exact) mass is 494 g/mol. The fourth-order valence-electron chi connectivity index (χ4n) is 2.98. The Hall–Kier alpha value is -3.34. The topological polar surface area (TPSA) is 188 Å². The summed E-state index contributed by atoms with van der Waals surface area (Å²) in [5.74, 6) is -2.67. The van der Waals surface area contributed by atoms with Gasteiger partial charge in [0.05, 0.1) is 11.9 Å². The quantitative estimate of drug-likeness (QED) is 0.284. The molecule has 0 saturated heterocycles. The summed E-state index contributed by atoms with van der Waals surface area (Å²) in [6.45, 7) is 5.34. The maximum atomic E-state index is 13.0. The predicted octanol–water partition coefficient (Wildman–Crippen LogP) is 1.21. The molecule has 12 nitrogen and oxygen atoms in total.